The standard InChI is InChI=1S/C29H37N6O8P/c1-19(28(38)41-20-10-6-3-2-4-7-11-20)34-44(39,43-21-12-8-5-9-13-21)40-16-23-25(36)26(37)29(17-30,42-23)24-15-14-22-27(31)32-18-33-35(22)24/h5,8-9,12-15,18-20,23,25-26,36-37H,2-4,6-7,10-11,16H2,1H3,(H,34,39)(H2,31,32,33)/t19-,23+,25+,26+,29-,44?/m0/s1. The lowest BCUT2D eigenvalue weighted by Gasteiger charge is -2.26. The number of carbonyl (C=O) groups is 1. The normalized spacial score (nSPS) is 26.6. The van der Waals surface area contributed by atoms with Gasteiger partial charge in [0.1, 0.15) is 54.1 Å². The van der Waals surface area contributed by atoms with Gasteiger partial charge in [0.05, 0.1) is 12.3 Å². The lowest BCUT2D eigenvalue weighted by Crippen LogP contribution is -2.41. The molecule has 2 aliphatic rings. The highest BCUT2D eigenvalue weighted by molar-refractivity contribution is 7.52. The van der Waals surface area contributed by atoms with Crippen LogP contribution in [0.25, 0.3) is 5.52 Å². The molecule has 236 valence electrons. The first-order valence-corrected chi connectivity index (χ1v) is 16.2. The van der Waals surface area contributed by atoms with Crippen molar-refractivity contribution in [1.29, 1.82) is 5.26 Å². The van der Waals surface area contributed by atoms with Crippen molar-refractivity contribution in [3.63, 3.8) is 0 Å². The molecule has 1 unspecified atom stereocenters. The summed E-state index contributed by atoms with van der Waals surface area (Å²) in [5.41, 5.74) is 4.31. The van der Waals surface area contributed by atoms with Crippen LogP contribution in [0.4, 0.5) is 5.82 Å². The molecule has 2 aromatic heterocycles. The van der Waals surface area contributed by atoms with E-state index in [1.807, 2.05) is 6.07 Å². The van der Waals surface area contributed by atoms with Gasteiger partial charge in [-0.25, -0.2) is 14.1 Å². The molecule has 3 heterocycles. The summed E-state index contributed by atoms with van der Waals surface area (Å²) in [6.45, 7) is 0.913. The number of para-hydroxylation sites is 1. The molecule has 0 bridgehead atoms. The quantitative estimate of drug-likeness (QED) is 0.189. The summed E-state index contributed by atoms with van der Waals surface area (Å²) < 4.78 is 38.4. The Morgan fingerprint density at radius 1 is 1.20 bits per heavy atom. The summed E-state index contributed by atoms with van der Waals surface area (Å²) in [6, 6.07) is 12.1. The van der Waals surface area contributed by atoms with Crippen LogP contribution in [0.2, 0.25) is 0 Å². The molecule has 6 atom stereocenters. The van der Waals surface area contributed by atoms with E-state index in [1.54, 1.807) is 36.4 Å². The van der Waals surface area contributed by atoms with Crippen LogP contribution in [0.5, 0.6) is 5.75 Å². The predicted molar refractivity (Wildman–Crippen MR) is 157 cm³/mol. The van der Waals surface area contributed by atoms with Crippen molar-refractivity contribution < 1.29 is 38.1 Å². The van der Waals surface area contributed by atoms with E-state index < -0.39 is 50.3 Å². The van der Waals surface area contributed by atoms with Gasteiger partial charge >= 0.3 is 13.7 Å². The Hall–Kier alpha value is -3.57. The molecule has 0 radical (unpaired) electrons. The zero-order chi connectivity index (χ0) is 31.3. The third-order valence-corrected chi connectivity index (χ3v) is 9.55. The molecule has 44 heavy (non-hydrogen) atoms. The second kappa shape index (κ2) is 13.6. The molecule has 1 saturated carbocycles. The number of hydrogen-bond donors (Lipinski definition) is 4. The zero-order valence-electron chi connectivity index (χ0n) is 24.3. The SMILES string of the molecule is C[C@H](NP(=O)(OC[C@H]1O[C@@](C#N)(c2ccc3c(N)ncnn23)[C@H](O)[C@@H]1O)Oc1ccccc1)C(=O)OC1CCCCCCC1. The van der Waals surface area contributed by atoms with Crippen LogP contribution in [0.15, 0.2) is 48.8 Å². The Balaban J connectivity index is 1.32. The maximum absolute atomic E-state index is 14.0. The predicted octanol–water partition coefficient (Wildman–Crippen LogP) is 2.99. The molecule has 5 rings (SSSR count). The highest BCUT2D eigenvalue weighted by Gasteiger charge is 2.58. The van der Waals surface area contributed by atoms with Gasteiger partial charge in [0.25, 0.3) is 0 Å². The summed E-state index contributed by atoms with van der Waals surface area (Å²) in [6.07, 6.45) is 3.08. The number of anilines is 1. The van der Waals surface area contributed by atoms with Gasteiger partial charge in [-0.15, -0.1) is 0 Å². The van der Waals surface area contributed by atoms with Crippen LogP contribution in [0, 0.1) is 11.3 Å². The number of aliphatic hydroxyl groups is 2. The first-order valence-electron chi connectivity index (χ1n) is 14.7. The number of benzene rings is 1. The molecule has 3 aromatic rings. The first-order chi connectivity index (χ1) is 21.2. The van der Waals surface area contributed by atoms with Gasteiger partial charge in [0.2, 0.25) is 5.60 Å². The molecule has 5 N–H and O–H groups in total. The number of ether oxygens (including phenoxy) is 2. The molecule has 1 saturated heterocycles. The number of hydrogen-bond acceptors (Lipinski definition) is 12. The number of fused-ring (bicyclic) bond motifs is 1. The molecule has 1 aromatic carbocycles. The Kier molecular flexibility index (Phi) is 9.84. The molecule has 15 heteroatoms. The maximum Gasteiger partial charge on any atom is 0.459 e. The van der Waals surface area contributed by atoms with E-state index in [9.17, 15) is 24.8 Å². The van der Waals surface area contributed by atoms with Crippen molar-refractivity contribution in [3.05, 3.63) is 54.5 Å². The van der Waals surface area contributed by atoms with Gasteiger partial charge in [0, 0.05) is 0 Å². The summed E-state index contributed by atoms with van der Waals surface area (Å²) >= 11 is 0. The number of rotatable bonds is 10. The van der Waals surface area contributed by atoms with Gasteiger partial charge in [-0.1, -0.05) is 37.5 Å². The number of esters is 1. The second-order valence-corrected chi connectivity index (χ2v) is 12.7. The summed E-state index contributed by atoms with van der Waals surface area (Å²) in [4.78, 5) is 16.9. The Morgan fingerprint density at radius 2 is 1.91 bits per heavy atom. The van der Waals surface area contributed by atoms with Crippen LogP contribution in [0.3, 0.4) is 0 Å². The second-order valence-electron chi connectivity index (χ2n) is 11.1. The molecule has 0 spiro atoms. The van der Waals surface area contributed by atoms with E-state index in [0.29, 0.717) is 5.52 Å². The number of aromatic nitrogens is 3. The van der Waals surface area contributed by atoms with Crippen molar-refractivity contribution in [3.8, 4) is 11.8 Å². The average Bonchev–Trinajstić information content (AvgIpc) is 3.54. The third-order valence-electron chi connectivity index (χ3n) is 7.90. The van der Waals surface area contributed by atoms with E-state index in [0.717, 1.165) is 38.5 Å². The van der Waals surface area contributed by atoms with Gasteiger partial charge in [-0.05, 0) is 56.9 Å². The summed E-state index contributed by atoms with van der Waals surface area (Å²) in [7, 11) is -4.32. The fourth-order valence-corrected chi connectivity index (χ4v) is 7.03. The molecule has 1 aliphatic carbocycles. The minimum atomic E-state index is -4.32. The third kappa shape index (κ3) is 6.73. The Labute approximate surface area is 254 Å². The highest BCUT2D eigenvalue weighted by atomic mass is 31.2. The topological polar surface area (TPSA) is 204 Å². The van der Waals surface area contributed by atoms with Crippen LogP contribution in [-0.4, -0.2) is 67.8 Å². The lowest BCUT2D eigenvalue weighted by molar-refractivity contribution is -0.151. The number of nitrogens with one attached hydrogen (secondary N) is 1. The van der Waals surface area contributed by atoms with Crippen molar-refractivity contribution >= 4 is 25.1 Å². The van der Waals surface area contributed by atoms with Gasteiger partial charge < -0.3 is 29.9 Å². The smallest absolute Gasteiger partial charge is 0.459 e. The van der Waals surface area contributed by atoms with E-state index in [2.05, 4.69) is 15.2 Å². The zero-order valence-corrected chi connectivity index (χ0v) is 25.2. The van der Waals surface area contributed by atoms with Crippen molar-refractivity contribution in [2.75, 3.05) is 12.3 Å². The van der Waals surface area contributed by atoms with E-state index in [1.165, 1.54) is 30.3 Å². The minimum absolute atomic E-state index is 0.102. The summed E-state index contributed by atoms with van der Waals surface area (Å²) in [5, 5.41) is 38.9. The number of nitriles is 1. The number of nitrogen functional groups attached to an aromatic ring is 1. The van der Waals surface area contributed by atoms with Crippen molar-refractivity contribution in [1.82, 2.24) is 19.7 Å². The highest BCUT2D eigenvalue weighted by Crippen LogP contribution is 2.47. The first kappa shape index (κ1) is 31.8. The molecule has 2 fully saturated rings. The molecular weight excluding hydrogens is 591 g/mol. The van der Waals surface area contributed by atoms with E-state index in [4.69, 9.17) is 24.3 Å². The summed E-state index contributed by atoms with van der Waals surface area (Å²) in [5.74, 6) is -0.270. The lowest BCUT2D eigenvalue weighted by atomic mass is 9.92. The fraction of sp³-hybridized carbons (Fsp3) is 0.517. The molecule has 1 aliphatic heterocycles. The van der Waals surface area contributed by atoms with E-state index >= 15 is 0 Å². The average molecular weight is 629 g/mol. The van der Waals surface area contributed by atoms with Crippen molar-refractivity contribution in [2.24, 2.45) is 0 Å². The van der Waals surface area contributed by atoms with Gasteiger partial charge in [-0.3, -0.25) is 9.32 Å². The van der Waals surface area contributed by atoms with Crippen LogP contribution < -0.4 is 15.3 Å². The van der Waals surface area contributed by atoms with Crippen molar-refractivity contribution in [2.45, 2.75) is 87.9 Å². The minimum Gasteiger partial charge on any atom is -0.461 e. The molecular formula is C29H37N6O8P. The van der Waals surface area contributed by atoms with Gasteiger partial charge in [-0.2, -0.15) is 15.4 Å². The van der Waals surface area contributed by atoms with Crippen LogP contribution in [0.1, 0.15) is 57.6 Å². The van der Waals surface area contributed by atoms with Gasteiger partial charge in [0.15, 0.2) is 5.82 Å². The van der Waals surface area contributed by atoms with E-state index in [-0.39, 0.29) is 23.4 Å². The number of nitrogens with zero attached hydrogens (tertiary/aromatic N) is 4. The number of carbonyl (C=O) groups excluding carboxylic acids is 1. The fourth-order valence-electron chi connectivity index (χ4n) is 5.52. The number of aliphatic hydroxyl groups excluding tert-OH is 2. The molecule has 14 nitrogen and oxygen atoms in total. The largest absolute Gasteiger partial charge is 0.461 e. The number of nitrogens with two attached hydrogens (primary N) is 1. The molecule has 0 amide bonds. The Morgan fingerprint density at radius 3 is 2.61 bits per heavy atom. The maximum atomic E-state index is 14.0. The van der Waals surface area contributed by atoms with Crippen LogP contribution >= 0.6 is 7.75 Å². The monoisotopic (exact) mass is 628 g/mol. The van der Waals surface area contributed by atoms with Crippen LogP contribution in [-0.2, 0) is 29.0 Å². The Bertz CT molecular complexity index is 1530.